The van der Waals surface area contributed by atoms with Crippen LogP contribution in [-0.4, -0.2) is 28.7 Å². The van der Waals surface area contributed by atoms with Crippen molar-refractivity contribution in [1.29, 1.82) is 0 Å². The van der Waals surface area contributed by atoms with Crippen molar-refractivity contribution in [3.63, 3.8) is 0 Å². The van der Waals surface area contributed by atoms with Crippen molar-refractivity contribution in [3.8, 4) is 0 Å². The highest BCUT2D eigenvalue weighted by atomic mass is 19.2. The van der Waals surface area contributed by atoms with Crippen LogP contribution in [0.1, 0.15) is 25.8 Å². The van der Waals surface area contributed by atoms with E-state index in [1.165, 1.54) is 11.0 Å². The monoisotopic (exact) mass is 267 g/mol. The number of halogens is 2. The molecular weight excluding hydrogens is 252 g/mol. The molecule has 1 fully saturated rings. The number of carbonyl (C=O) groups excluding carboxylic acids is 2. The molecule has 0 spiro atoms. The number of benzene rings is 1. The number of Topliss-reactive ketones (excluding diaryl/α,β-unsaturated/α-hetero) is 1. The molecule has 1 heterocycles. The summed E-state index contributed by atoms with van der Waals surface area (Å²) in [6.07, 6.45) is 0.310. The molecule has 1 aliphatic rings. The molecule has 0 bridgehead atoms. The van der Waals surface area contributed by atoms with E-state index in [0.717, 1.165) is 12.1 Å². The second-order valence-electron chi connectivity index (χ2n) is 5.20. The molecule has 0 radical (unpaired) electrons. The van der Waals surface area contributed by atoms with Crippen LogP contribution >= 0.6 is 0 Å². The molecule has 0 N–H and O–H groups in total. The predicted molar refractivity (Wildman–Crippen MR) is 65.5 cm³/mol. The van der Waals surface area contributed by atoms with Crippen LogP contribution in [0.4, 0.5) is 8.78 Å². The second kappa shape index (κ2) is 4.72. The van der Waals surface area contributed by atoms with Gasteiger partial charge in [0.25, 0.3) is 0 Å². The third-order valence-corrected chi connectivity index (χ3v) is 3.56. The Kier molecular flexibility index (Phi) is 3.39. The van der Waals surface area contributed by atoms with E-state index in [2.05, 4.69) is 0 Å². The Morgan fingerprint density at radius 2 is 2.00 bits per heavy atom. The lowest BCUT2D eigenvalue weighted by Gasteiger charge is -2.30. The quantitative estimate of drug-likeness (QED) is 0.822. The van der Waals surface area contributed by atoms with Crippen LogP contribution in [0.25, 0.3) is 0 Å². The van der Waals surface area contributed by atoms with Crippen molar-refractivity contribution in [1.82, 2.24) is 4.90 Å². The first kappa shape index (κ1) is 13.6. The zero-order valence-corrected chi connectivity index (χ0v) is 10.9. The fraction of sp³-hybridized carbons (Fsp3) is 0.429. The third kappa shape index (κ3) is 2.50. The van der Waals surface area contributed by atoms with Gasteiger partial charge in [0.05, 0.1) is 12.0 Å². The van der Waals surface area contributed by atoms with Gasteiger partial charge in [-0.05, 0) is 31.5 Å². The minimum absolute atomic E-state index is 0.0196. The smallest absolute Gasteiger partial charge is 0.227 e. The number of rotatable bonds is 2. The van der Waals surface area contributed by atoms with Crippen molar-refractivity contribution in [2.75, 3.05) is 6.54 Å². The Balaban J connectivity index is 2.13. The van der Waals surface area contributed by atoms with Crippen LogP contribution in [0.5, 0.6) is 0 Å². The molecule has 0 aliphatic carbocycles. The lowest BCUT2D eigenvalue weighted by Crippen LogP contribution is -2.46. The van der Waals surface area contributed by atoms with E-state index in [1.807, 2.05) is 0 Å². The van der Waals surface area contributed by atoms with Crippen molar-refractivity contribution < 1.29 is 18.4 Å². The Morgan fingerprint density at radius 1 is 1.32 bits per heavy atom. The first-order valence-electron chi connectivity index (χ1n) is 6.10. The van der Waals surface area contributed by atoms with Crippen LogP contribution in [0.3, 0.4) is 0 Å². The van der Waals surface area contributed by atoms with Crippen molar-refractivity contribution in [2.24, 2.45) is 0 Å². The van der Waals surface area contributed by atoms with Gasteiger partial charge in [-0.3, -0.25) is 9.59 Å². The first-order valence-corrected chi connectivity index (χ1v) is 6.10. The molecule has 0 atom stereocenters. The predicted octanol–water partition coefficient (Wildman–Crippen LogP) is 2.09. The molecular formula is C14H15F2NO2. The second-order valence-corrected chi connectivity index (χ2v) is 5.20. The van der Waals surface area contributed by atoms with Crippen molar-refractivity contribution >= 4 is 11.7 Å². The summed E-state index contributed by atoms with van der Waals surface area (Å²) in [5, 5.41) is 0. The molecule has 1 aromatic carbocycles. The number of likely N-dealkylation sites (tertiary alicyclic amines) is 1. The van der Waals surface area contributed by atoms with Gasteiger partial charge in [0.15, 0.2) is 17.4 Å². The van der Waals surface area contributed by atoms with Crippen LogP contribution < -0.4 is 0 Å². The average Bonchev–Trinajstić information content (AvgIpc) is 2.59. The largest absolute Gasteiger partial charge is 0.330 e. The average molecular weight is 267 g/mol. The van der Waals surface area contributed by atoms with Gasteiger partial charge in [-0.1, -0.05) is 6.07 Å². The third-order valence-electron chi connectivity index (χ3n) is 3.56. The maximum absolute atomic E-state index is 13.1. The minimum Gasteiger partial charge on any atom is -0.330 e. The van der Waals surface area contributed by atoms with Gasteiger partial charge in [-0.25, -0.2) is 8.78 Å². The van der Waals surface area contributed by atoms with Gasteiger partial charge in [0, 0.05) is 13.0 Å². The van der Waals surface area contributed by atoms with Gasteiger partial charge in [0.1, 0.15) is 0 Å². The highest BCUT2D eigenvalue weighted by molar-refractivity contribution is 5.95. The number of ketones is 1. The first-order chi connectivity index (χ1) is 8.82. The molecule has 0 saturated carbocycles. The molecule has 1 aromatic rings. The molecule has 5 heteroatoms. The highest BCUT2D eigenvalue weighted by Crippen LogP contribution is 2.25. The molecule has 102 valence electrons. The van der Waals surface area contributed by atoms with Gasteiger partial charge >= 0.3 is 0 Å². The van der Waals surface area contributed by atoms with Gasteiger partial charge in [-0.2, -0.15) is 0 Å². The van der Waals surface area contributed by atoms with E-state index in [9.17, 15) is 18.4 Å². The summed E-state index contributed by atoms with van der Waals surface area (Å²) in [4.78, 5) is 25.3. The molecule has 0 aromatic heterocycles. The number of hydrogen-bond donors (Lipinski definition) is 0. The standard InChI is InChI=1S/C14H15F2NO2/c1-14(2)12(18)5-6-17(14)13(19)8-9-3-4-10(15)11(16)7-9/h3-4,7H,5-6,8H2,1-2H3. The number of amides is 1. The molecule has 1 aliphatic heterocycles. The molecule has 2 rings (SSSR count). The van der Waals surface area contributed by atoms with Gasteiger partial charge < -0.3 is 4.90 Å². The van der Waals surface area contributed by atoms with E-state index in [4.69, 9.17) is 0 Å². The summed E-state index contributed by atoms with van der Waals surface area (Å²) in [5.74, 6) is -2.14. The molecule has 3 nitrogen and oxygen atoms in total. The maximum atomic E-state index is 13.1. The van der Waals surface area contributed by atoms with Crippen LogP contribution in [-0.2, 0) is 16.0 Å². The van der Waals surface area contributed by atoms with Crippen LogP contribution in [0.15, 0.2) is 18.2 Å². The minimum atomic E-state index is -0.970. The summed E-state index contributed by atoms with van der Waals surface area (Å²) >= 11 is 0. The summed E-state index contributed by atoms with van der Waals surface area (Å²) < 4.78 is 25.9. The van der Waals surface area contributed by atoms with Gasteiger partial charge in [0.2, 0.25) is 5.91 Å². The SMILES string of the molecule is CC1(C)C(=O)CCN1C(=O)Cc1ccc(F)c(F)c1. The van der Waals surface area contributed by atoms with E-state index in [-0.39, 0.29) is 18.1 Å². The highest BCUT2D eigenvalue weighted by Gasteiger charge is 2.42. The van der Waals surface area contributed by atoms with Crippen LogP contribution in [0, 0.1) is 11.6 Å². The van der Waals surface area contributed by atoms with E-state index >= 15 is 0 Å². The fourth-order valence-corrected chi connectivity index (χ4v) is 2.31. The zero-order chi connectivity index (χ0) is 14.2. The molecule has 1 amide bonds. The summed E-state index contributed by atoms with van der Waals surface area (Å²) in [6.45, 7) is 3.78. The van der Waals surface area contributed by atoms with E-state index < -0.39 is 17.2 Å². The van der Waals surface area contributed by atoms with E-state index in [0.29, 0.717) is 18.5 Å². The Morgan fingerprint density at radius 3 is 2.53 bits per heavy atom. The summed E-state index contributed by atoms with van der Waals surface area (Å²) in [5.41, 5.74) is -0.408. The number of hydrogen-bond acceptors (Lipinski definition) is 2. The lowest BCUT2D eigenvalue weighted by molar-refractivity contribution is -0.138. The Hall–Kier alpha value is -1.78. The summed E-state index contributed by atoms with van der Waals surface area (Å²) in [7, 11) is 0. The lowest BCUT2D eigenvalue weighted by atomic mass is 10.00. The molecule has 19 heavy (non-hydrogen) atoms. The topological polar surface area (TPSA) is 37.4 Å². The zero-order valence-electron chi connectivity index (χ0n) is 10.9. The molecule has 1 saturated heterocycles. The van der Waals surface area contributed by atoms with E-state index in [1.54, 1.807) is 13.8 Å². The molecule has 0 unspecified atom stereocenters. The summed E-state index contributed by atoms with van der Waals surface area (Å²) in [6, 6.07) is 3.39. The van der Waals surface area contributed by atoms with Crippen molar-refractivity contribution in [2.45, 2.75) is 32.2 Å². The Bertz CT molecular complexity index is 540. The fourth-order valence-electron chi connectivity index (χ4n) is 2.31. The van der Waals surface area contributed by atoms with Gasteiger partial charge in [-0.15, -0.1) is 0 Å². The van der Waals surface area contributed by atoms with Crippen LogP contribution in [0.2, 0.25) is 0 Å². The number of nitrogens with zero attached hydrogens (tertiary/aromatic N) is 1. The Labute approximate surface area is 110 Å². The van der Waals surface area contributed by atoms with Crippen molar-refractivity contribution in [3.05, 3.63) is 35.4 Å². The normalized spacial score (nSPS) is 17.9. The maximum Gasteiger partial charge on any atom is 0.227 e. The number of carbonyl (C=O) groups is 2.